The van der Waals surface area contributed by atoms with Crippen molar-refractivity contribution in [2.45, 2.75) is 13.8 Å². The largest absolute Gasteiger partial charge is 0.478 e. The molecule has 0 bridgehead atoms. The molecule has 4 rings (SSSR count). The number of aryl methyl sites for hydroxylation is 2. The Labute approximate surface area is 199 Å². The fraction of sp³-hybridized carbons (Fsp3) is 0.0833. The van der Waals surface area contributed by atoms with Gasteiger partial charge in [0.15, 0.2) is 5.11 Å². The third-order valence-corrected chi connectivity index (χ3v) is 5.86. The zero-order chi connectivity index (χ0) is 23.9. The highest BCUT2D eigenvalue weighted by Crippen LogP contribution is 2.29. The first-order valence-corrected chi connectivity index (χ1v) is 10.6. The number of halogens is 1. The standard InChI is InChI=1S/C24H17ClN2O5S/c1-12-3-5-15(10-19(12)25)27-22(29)18(21(28)26-24(27)33)11-16-6-8-20(32-16)17-7-4-14(23(30)31)9-13(17)2/h3-11H,1-2H3,(H,30,31)(H,26,28,33). The third-order valence-electron chi connectivity index (χ3n) is 5.17. The Balaban J connectivity index is 1.67. The van der Waals surface area contributed by atoms with Gasteiger partial charge in [-0.25, -0.2) is 4.79 Å². The Bertz CT molecular complexity index is 1370. The summed E-state index contributed by atoms with van der Waals surface area (Å²) in [5, 5.41) is 12.1. The van der Waals surface area contributed by atoms with E-state index in [9.17, 15) is 14.4 Å². The molecular weight excluding hydrogens is 464 g/mol. The number of rotatable bonds is 4. The number of nitrogens with zero attached hydrogens (tertiary/aromatic N) is 1. The maximum Gasteiger partial charge on any atom is 0.335 e. The topological polar surface area (TPSA) is 99.8 Å². The van der Waals surface area contributed by atoms with Gasteiger partial charge in [-0.1, -0.05) is 23.7 Å². The molecule has 3 aromatic rings. The lowest BCUT2D eigenvalue weighted by Crippen LogP contribution is -2.54. The Morgan fingerprint density at radius 3 is 2.52 bits per heavy atom. The summed E-state index contributed by atoms with van der Waals surface area (Å²) in [4.78, 5) is 38.0. The Kier molecular flexibility index (Phi) is 5.88. The molecule has 1 aliphatic rings. The van der Waals surface area contributed by atoms with E-state index in [1.54, 1.807) is 49.4 Å². The van der Waals surface area contributed by atoms with Crippen molar-refractivity contribution in [2.75, 3.05) is 4.90 Å². The number of benzene rings is 2. The van der Waals surface area contributed by atoms with Gasteiger partial charge >= 0.3 is 5.97 Å². The second-order valence-corrected chi connectivity index (χ2v) is 8.22. The normalized spacial score (nSPS) is 15.2. The summed E-state index contributed by atoms with van der Waals surface area (Å²) in [5.74, 6) is -1.52. The Morgan fingerprint density at radius 2 is 1.85 bits per heavy atom. The van der Waals surface area contributed by atoms with E-state index in [1.165, 1.54) is 17.0 Å². The fourth-order valence-electron chi connectivity index (χ4n) is 3.40. The molecule has 2 aromatic carbocycles. The first-order chi connectivity index (χ1) is 15.7. The maximum atomic E-state index is 13.1. The van der Waals surface area contributed by atoms with Gasteiger partial charge in [0.1, 0.15) is 17.1 Å². The quantitative estimate of drug-likeness (QED) is 0.317. The maximum absolute atomic E-state index is 13.1. The van der Waals surface area contributed by atoms with Crippen LogP contribution < -0.4 is 10.2 Å². The monoisotopic (exact) mass is 480 g/mol. The highest BCUT2D eigenvalue weighted by molar-refractivity contribution is 7.80. The van der Waals surface area contributed by atoms with Crippen molar-refractivity contribution in [3.8, 4) is 11.3 Å². The number of amides is 2. The number of nitrogens with one attached hydrogen (secondary N) is 1. The first-order valence-electron chi connectivity index (χ1n) is 9.77. The molecule has 0 unspecified atom stereocenters. The number of aromatic carboxylic acids is 1. The summed E-state index contributed by atoms with van der Waals surface area (Å²) in [7, 11) is 0. The van der Waals surface area contributed by atoms with Crippen LogP contribution in [0.2, 0.25) is 5.02 Å². The average molecular weight is 481 g/mol. The molecule has 1 fully saturated rings. The summed E-state index contributed by atoms with van der Waals surface area (Å²) in [5.41, 5.74) is 2.69. The van der Waals surface area contributed by atoms with Crippen LogP contribution in [0.3, 0.4) is 0 Å². The summed E-state index contributed by atoms with van der Waals surface area (Å²) in [6, 6.07) is 13.0. The van der Waals surface area contributed by atoms with E-state index in [4.69, 9.17) is 33.3 Å². The van der Waals surface area contributed by atoms with Gasteiger partial charge < -0.3 is 9.52 Å². The smallest absolute Gasteiger partial charge is 0.335 e. The molecular formula is C24H17ClN2O5S. The second-order valence-electron chi connectivity index (χ2n) is 7.43. The van der Waals surface area contributed by atoms with Crippen molar-refractivity contribution in [2.24, 2.45) is 0 Å². The predicted molar refractivity (Wildman–Crippen MR) is 128 cm³/mol. The molecule has 1 saturated heterocycles. The number of hydrogen-bond donors (Lipinski definition) is 2. The van der Waals surface area contributed by atoms with Crippen molar-refractivity contribution in [1.29, 1.82) is 0 Å². The fourth-order valence-corrected chi connectivity index (χ4v) is 3.86. The van der Waals surface area contributed by atoms with Crippen LogP contribution in [0.1, 0.15) is 27.2 Å². The molecule has 2 amide bonds. The SMILES string of the molecule is Cc1ccc(N2C(=O)C(=Cc3ccc(-c4ccc(C(=O)O)cc4C)o3)C(=O)NC2=S)cc1Cl. The van der Waals surface area contributed by atoms with E-state index in [2.05, 4.69) is 5.32 Å². The molecule has 0 saturated carbocycles. The van der Waals surface area contributed by atoms with Crippen LogP contribution in [0, 0.1) is 13.8 Å². The lowest BCUT2D eigenvalue weighted by molar-refractivity contribution is -0.122. The number of hydrogen-bond acceptors (Lipinski definition) is 5. The van der Waals surface area contributed by atoms with Crippen LogP contribution in [-0.4, -0.2) is 28.0 Å². The van der Waals surface area contributed by atoms with E-state index < -0.39 is 17.8 Å². The zero-order valence-electron chi connectivity index (χ0n) is 17.5. The second kappa shape index (κ2) is 8.65. The summed E-state index contributed by atoms with van der Waals surface area (Å²) >= 11 is 11.4. The summed E-state index contributed by atoms with van der Waals surface area (Å²) in [6.07, 6.45) is 1.34. The number of thiocarbonyl (C=S) groups is 1. The number of carboxylic acid groups (broad SMARTS) is 1. The molecule has 1 aliphatic heterocycles. The highest BCUT2D eigenvalue weighted by Gasteiger charge is 2.35. The van der Waals surface area contributed by atoms with Crippen molar-refractivity contribution < 1.29 is 23.9 Å². The zero-order valence-corrected chi connectivity index (χ0v) is 19.1. The molecule has 2 heterocycles. The van der Waals surface area contributed by atoms with Crippen molar-refractivity contribution >= 4 is 58.5 Å². The van der Waals surface area contributed by atoms with Crippen molar-refractivity contribution in [3.05, 3.63) is 81.6 Å². The first kappa shape index (κ1) is 22.4. The van der Waals surface area contributed by atoms with Gasteiger partial charge in [-0.2, -0.15) is 0 Å². The number of carbonyl (C=O) groups is 3. The van der Waals surface area contributed by atoms with Gasteiger partial charge in [0.05, 0.1) is 11.3 Å². The number of furan rings is 1. The van der Waals surface area contributed by atoms with E-state index in [1.807, 2.05) is 6.92 Å². The van der Waals surface area contributed by atoms with Crippen LogP contribution in [0.4, 0.5) is 5.69 Å². The van der Waals surface area contributed by atoms with Crippen LogP contribution in [0.25, 0.3) is 17.4 Å². The summed E-state index contributed by atoms with van der Waals surface area (Å²) < 4.78 is 5.82. The van der Waals surface area contributed by atoms with Gasteiger partial charge in [-0.15, -0.1) is 0 Å². The van der Waals surface area contributed by atoms with E-state index in [-0.39, 0.29) is 22.0 Å². The number of carboxylic acids is 1. The van der Waals surface area contributed by atoms with E-state index in [0.29, 0.717) is 27.6 Å². The minimum atomic E-state index is -1.02. The van der Waals surface area contributed by atoms with Gasteiger partial charge in [-0.3, -0.25) is 19.8 Å². The minimum Gasteiger partial charge on any atom is -0.478 e. The minimum absolute atomic E-state index is 0.0450. The molecule has 9 heteroatoms. The highest BCUT2D eigenvalue weighted by atomic mass is 35.5. The van der Waals surface area contributed by atoms with Crippen LogP contribution in [-0.2, 0) is 9.59 Å². The number of carbonyl (C=O) groups excluding carboxylic acids is 2. The molecule has 2 N–H and O–H groups in total. The van der Waals surface area contributed by atoms with Crippen molar-refractivity contribution in [3.63, 3.8) is 0 Å². The van der Waals surface area contributed by atoms with Gasteiger partial charge in [-0.05, 0) is 79.7 Å². The van der Waals surface area contributed by atoms with Gasteiger partial charge in [0.2, 0.25) is 0 Å². The van der Waals surface area contributed by atoms with E-state index in [0.717, 1.165) is 5.56 Å². The van der Waals surface area contributed by atoms with Crippen LogP contribution in [0.15, 0.2) is 58.5 Å². The summed E-state index contributed by atoms with van der Waals surface area (Å²) in [6.45, 7) is 3.60. The lowest BCUT2D eigenvalue weighted by Gasteiger charge is -2.29. The molecule has 0 atom stereocenters. The molecule has 1 aromatic heterocycles. The molecule has 166 valence electrons. The molecule has 0 aliphatic carbocycles. The lowest BCUT2D eigenvalue weighted by atomic mass is 10.0. The predicted octanol–water partition coefficient (Wildman–Crippen LogP) is 4.75. The van der Waals surface area contributed by atoms with Gasteiger partial charge in [0, 0.05) is 10.6 Å². The van der Waals surface area contributed by atoms with E-state index >= 15 is 0 Å². The van der Waals surface area contributed by atoms with Crippen molar-refractivity contribution in [1.82, 2.24) is 5.32 Å². The molecule has 0 radical (unpaired) electrons. The van der Waals surface area contributed by atoms with Crippen LogP contribution in [0.5, 0.6) is 0 Å². The van der Waals surface area contributed by atoms with Gasteiger partial charge in [0.25, 0.3) is 11.8 Å². The number of anilines is 1. The third kappa shape index (κ3) is 4.30. The average Bonchev–Trinajstić information content (AvgIpc) is 3.21. The molecule has 0 spiro atoms. The molecule has 33 heavy (non-hydrogen) atoms. The Morgan fingerprint density at radius 1 is 1.09 bits per heavy atom. The Hall–Kier alpha value is -3.75. The molecule has 7 nitrogen and oxygen atoms in total. The van der Waals surface area contributed by atoms with Crippen LogP contribution >= 0.6 is 23.8 Å².